The lowest BCUT2D eigenvalue weighted by Crippen LogP contribution is -2.22. The van der Waals surface area contributed by atoms with Gasteiger partial charge in [0.2, 0.25) is 0 Å². The van der Waals surface area contributed by atoms with Crippen LogP contribution in [0.5, 0.6) is 5.75 Å². The van der Waals surface area contributed by atoms with Crippen LogP contribution in [0.3, 0.4) is 0 Å². The molecule has 0 aromatic heterocycles. The minimum Gasteiger partial charge on any atom is -0.497 e. The normalized spacial score (nSPS) is 16.0. The first kappa shape index (κ1) is 19.5. The number of cyclic esters (lactones) is 1. The molecule has 0 spiro atoms. The summed E-state index contributed by atoms with van der Waals surface area (Å²) in [5, 5.41) is 2.44. The summed E-state index contributed by atoms with van der Waals surface area (Å²) in [5.41, 5.74) is 0.416. The van der Waals surface area contributed by atoms with Gasteiger partial charge in [-0.25, -0.2) is 18.0 Å². The largest absolute Gasteiger partial charge is 0.497 e. The van der Waals surface area contributed by atoms with Gasteiger partial charge in [-0.3, -0.25) is 4.72 Å². The first-order valence-electron chi connectivity index (χ1n) is 8.26. The van der Waals surface area contributed by atoms with Gasteiger partial charge < -0.3 is 19.5 Å². The van der Waals surface area contributed by atoms with E-state index in [9.17, 15) is 18.0 Å². The fourth-order valence-electron chi connectivity index (χ4n) is 2.44. The molecule has 2 N–H and O–H groups in total. The molecule has 148 valence electrons. The number of benzene rings is 2. The molecule has 0 bridgehead atoms. The summed E-state index contributed by atoms with van der Waals surface area (Å²) in [7, 11) is -2.39. The Morgan fingerprint density at radius 3 is 2.64 bits per heavy atom. The van der Waals surface area contributed by atoms with Gasteiger partial charge in [0.1, 0.15) is 12.4 Å². The van der Waals surface area contributed by atoms with Crippen molar-refractivity contribution < 1.29 is 32.2 Å². The number of amides is 1. The molecule has 1 aliphatic heterocycles. The number of ether oxygens (including phenoxy) is 3. The van der Waals surface area contributed by atoms with Crippen molar-refractivity contribution in [3.63, 3.8) is 0 Å². The highest BCUT2D eigenvalue weighted by Gasteiger charge is 2.24. The van der Waals surface area contributed by atoms with E-state index in [1.807, 2.05) is 0 Å². The minimum absolute atomic E-state index is 0.0647. The molecule has 3 rings (SSSR count). The minimum atomic E-state index is -3.90. The third-order valence-electron chi connectivity index (χ3n) is 3.87. The van der Waals surface area contributed by atoms with Gasteiger partial charge in [0.15, 0.2) is 6.10 Å². The molecule has 1 unspecified atom stereocenters. The third-order valence-corrected chi connectivity index (χ3v) is 5.25. The van der Waals surface area contributed by atoms with Crippen molar-refractivity contribution in [2.75, 3.05) is 25.0 Å². The Kier molecular flexibility index (Phi) is 5.69. The van der Waals surface area contributed by atoms with Crippen molar-refractivity contribution in [2.45, 2.75) is 11.0 Å². The van der Waals surface area contributed by atoms with Crippen LogP contribution in [0.25, 0.3) is 0 Å². The second-order valence-electron chi connectivity index (χ2n) is 5.87. The van der Waals surface area contributed by atoms with Crippen LogP contribution in [-0.4, -0.2) is 46.8 Å². The second kappa shape index (κ2) is 8.17. The lowest BCUT2D eigenvalue weighted by molar-refractivity contribution is 0.0300. The van der Waals surface area contributed by atoms with Gasteiger partial charge in [-0.05, 0) is 42.5 Å². The quantitative estimate of drug-likeness (QED) is 0.672. The standard InChI is InChI=1S/C18H18N2O7S/c1-25-14-7-5-13(6-8-14)20-28(23,24)16-4-2-3-12(9-16)17(21)26-11-15-10-19-18(22)27-15/h2-9,15,20H,10-11H2,1H3,(H,19,22). The number of alkyl carbamates (subject to hydrolysis) is 1. The molecule has 2 aromatic rings. The summed E-state index contributed by atoms with van der Waals surface area (Å²) >= 11 is 0. The number of hydrogen-bond donors (Lipinski definition) is 2. The average molecular weight is 406 g/mol. The van der Waals surface area contributed by atoms with Gasteiger partial charge in [-0.2, -0.15) is 0 Å². The van der Waals surface area contributed by atoms with Crippen LogP contribution in [-0.2, 0) is 19.5 Å². The van der Waals surface area contributed by atoms with Crippen molar-refractivity contribution in [3.05, 3.63) is 54.1 Å². The number of nitrogens with one attached hydrogen (secondary N) is 2. The Balaban J connectivity index is 1.68. The van der Waals surface area contributed by atoms with Crippen molar-refractivity contribution in [1.29, 1.82) is 0 Å². The number of carbonyl (C=O) groups excluding carboxylic acids is 2. The lowest BCUT2D eigenvalue weighted by atomic mass is 10.2. The molecule has 2 aromatic carbocycles. The van der Waals surface area contributed by atoms with E-state index in [-0.39, 0.29) is 23.6 Å². The zero-order valence-electron chi connectivity index (χ0n) is 14.9. The highest BCUT2D eigenvalue weighted by atomic mass is 32.2. The molecule has 10 heteroatoms. The van der Waals surface area contributed by atoms with Crippen LogP contribution in [0.4, 0.5) is 10.5 Å². The summed E-state index contributed by atoms with van der Waals surface area (Å²) in [6.45, 7) is 0.116. The first-order valence-corrected chi connectivity index (χ1v) is 9.74. The van der Waals surface area contributed by atoms with Crippen molar-refractivity contribution >= 4 is 27.8 Å². The molecule has 1 atom stereocenters. The van der Waals surface area contributed by atoms with Gasteiger partial charge in [-0.15, -0.1) is 0 Å². The van der Waals surface area contributed by atoms with E-state index < -0.39 is 28.2 Å². The summed E-state index contributed by atoms with van der Waals surface area (Å²) in [4.78, 5) is 23.0. The van der Waals surface area contributed by atoms with Gasteiger partial charge in [0, 0.05) is 5.69 Å². The van der Waals surface area contributed by atoms with E-state index in [0.717, 1.165) is 0 Å². The Labute approximate surface area is 161 Å². The molecular weight excluding hydrogens is 388 g/mol. The number of hydrogen-bond acceptors (Lipinski definition) is 7. The molecule has 9 nitrogen and oxygen atoms in total. The fourth-order valence-corrected chi connectivity index (χ4v) is 3.54. The Bertz CT molecular complexity index is 974. The SMILES string of the molecule is COc1ccc(NS(=O)(=O)c2cccc(C(=O)OCC3CNC(=O)O3)c2)cc1. The summed E-state index contributed by atoms with van der Waals surface area (Å²) in [5.74, 6) is -0.125. The van der Waals surface area contributed by atoms with Crippen LogP contribution < -0.4 is 14.8 Å². The summed E-state index contributed by atoms with van der Waals surface area (Å²) in [6.07, 6.45) is -1.14. The van der Waals surface area contributed by atoms with Crippen LogP contribution in [0.2, 0.25) is 0 Å². The van der Waals surface area contributed by atoms with Gasteiger partial charge in [0.05, 0.1) is 24.1 Å². The number of rotatable bonds is 7. The number of anilines is 1. The van der Waals surface area contributed by atoms with E-state index in [4.69, 9.17) is 14.2 Å². The fraction of sp³-hybridized carbons (Fsp3) is 0.222. The lowest BCUT2D eigenvalue weighted by Gasteiger charge is -2.11. The molecule has 1 heterocycles. The van der Waals surface area contributed by atoms with Crippen LogP contribution in [0, 0.1) is 0 Å². The van der Waals surface area contributed by atoms with Crippen molar-refractivity contribution in [3.8, 4) is 5.75 Å². The average Bonchev–Trinajstić information content (AvgIpc) is 3.12. The summed E-state index contributed by atoms with van der Waals surface area (Å²) in [6, 6.07) is 11.8. The predicted molar refractivity (Wildman–Crippen MR) is 98.8 cm³/mol. The molecule has 1 amide bonds. The zero-order valence-corrected chi connectivity index (χ0v) is 15.7. The first-order chi connectivity index (χ1) is 13.4. The molecule has 28 heavy (non-hydrogen) atoms. The van der Waals surface area contributed by atoms with Gasteiger partial charge in [0.25, 0.3) is 10.0 Å². The highest BCUT2D eigenvalue weighted by Crippen LogP contribution is 2.20. The molecular formula is C18H18N2O7S. The topological polar surface area (TPSA) is 120 Å². The van der Waals surface area contributed by atoms with Crippen LogP contribution >= 0.6 is 0 Å². The molecule has 1 aliphatic rings. The third kappa shape index (κ3) is 4.71. The number of esters is 1. The van der Waals surface area contributed by atoms with E-state index in [0.29, 0.717) is 11.4 Å². The molecule has 1 fully saturated rings. The maximum atomic E-state index is 12.6. The Morgan fingerprint density at radius 2 is 2.00 bits per heavy atom. The van der Waals surface area contributed by atoms with E-state index in [1.54, 1.807) is 24.3 Å². The van der Waals surface area contributed by atoms with Crippen LogP contribution in [0.15, 0.2) is 53.4 Å². The number of methoxy groups -OCH3 is 1. The highest BCUT2D eigenvalue weighted by molar-refractivity contribution is 7.92. The Morgan fingerprint density at radius 1 is 1.25 bits per heavy atom. The van der Waals surface area contributed by atoms with Crippen molar-refractivity contribution in [2.24, 2.45) is 0 Å². The number of carbonyl (C=O) groups is 2. The van der Waals surface area contributed by atoms with E-state index in [2.05, 4.69) is 10.0 Å². The number of sulfonamides is 1. The second-order valence-corrected chi connectivity index (χ2v) is 7.55. The predicted octanol–water partition coefficient (Wildman–Crippen LogP) is 1.76. The maximum absolute atomic E-state index is 12.6. The van der Waals surface area contributed by atoms with E-state index >= 15 is 0 Å². The van der Waals surface area contributed by atoms with E-state index in [1.165, 1.54) is 31.4 Å². The van der Waals surface area contributed by atoms with Crippen molar-refractivity contribution in [1.82, 2.24) is 5.32 Å². The maximum Gasteiger partial charge on any atom is 0.407 e. The summed E-state index contributed by atoms with van der Waals surface area (Å²) < 4.78 is 42.6. The molecule has 0 saturated carbocycles. The van der Waals surface area contributed by atoms with Crippen LogP contribution in [0.1, 0.15) is 10.4 Å². The Hall–Kier alpha value is -3.27. The molecule has 1 saturated heterocycles. The zero-order chi connectivity index (χ0) is 20.1. The monoisotopic (exact) mass is 406 g/mol. The van der Waals surface area contributed by atoms with Gasteiger partial charge in [-0.1, -0.05) is 6.07 Å². The molecule has 0 aliphatic carbocycles. The smallest absolute Gasteiger partial charge is 0.407 e. The molecule has 0 radical (unpaired) electrons. The van der Waals surface area contributed by atoms with Gasteiger partial charge >= 0.3 is 12.1 Å².